The molecule has 0 amide bonds. The maximum Gasteiger partial charge on any atom is 0.191 e. The molecule has 5 nitrogen and oxygen atoms in total. The fourth-order valence-electron chi connectivity index (χ4n) is 2.57. The molecule has 27 heavy (non-hydrogen) atoms. The van der Waals surface area contributed by atoms with Gasteiger partial charge in [-0.05, 0) is 36.4 Å². The van der Waals surface area contributed by atoms with E-state index in [4.69, 9.17) is 11.6 Å². The van der Waals surface area contributed by atoms with Crippen molar-refractivity contribution in [3.8, 4) is 0 Å². The lowest BCUT2D eigenvalue weighted by atomic mass is 10.2. The highest BCUT2D eigenvalue weighted by Gasteiger charge is 2.12. The summed E-state index contributed by atoms with van der Waals surface area (Å²) in [6.45, 7) is 1.33. The molecule has 3 rings (SSSR count). The van der Waals surface area contributed by atoms with E-state index >= 15 is 0 Å². The van der Waals surface area contributed by atoms with Crippen LogP contribution in [0.1, 0.15) is 17.0 Å². The van der Waals surface area contributed by atoms with Gasteiger partial charge in [-0.2, -0.15) is 0 Å². The molecule has 0 aliphatic rings. The quantitative estimate of drug-likeness (QED) is 0.531. The van der Waals surface area contributed by atoms with E-state index in [0.717, 1.165) is 27.3 Å². The monoisotopic (exact) mass is 399 g/mol. The molecule has 0 aliphatic carbocycles. The molecule has 7 heteroatoms. The van der Waals surface area contributed by atoms with Gasteiger partial charge in [-0.15, -0.1) is 10.2 Å². The lowest BCUT2D eigenvalue weighted by molar-refractivity contribution is 0.345. The van der Waals surface area contributed by atoms with E-state index in [0.29, 0.717) is 13.1 Å². The van der Waals surface area contributed by atoms with Crippen molar-refractivity contribution in [1.29, 1.82) is 0 Å². The van der Waals surface area contributed by atoms with Gasteiger partial charge in [-0.25, -0.2) is 0 Å². The number of pyridine rings is 1. The molecule has 0 unspecified atom stereocenters. The number of thioether (sulfide) groups is 1. The van der Waals surface area contributed by atoms with Crippen LogP contribution in [0.4, 0.5) is 0 Å². The number of hydrogen-bond acceptors (Lipinski definition) is 5. The molecule has 0 saturated carbocycles. The Labute approximate surface area is 169 Å². The Hall–Kier alpha value is -2.15. The predicted octanol–water partition coefficient (Wildman–Crippen LogP) is 4.21. The third-order valence-electron chi connectivity index (χ3n) is 4.00. The fraction of sp³-hybridized carbons (Fsp3) is 0.250. The normalized spacial score (nSPS) is 11.9. The van der Waals surface area contributed by atoms with Crippen LogP contribution in [0.2, 0.25) is 0 Å². The first-order valence-electron chi connectivity index (χ1n) is 8.61. The predicted molar refractivity (Wildman–Crippen MR) is 111 cm³/mol. The first kappa shape index (κ1) is 19.6. The number of rotatable bonds is 8. The smallest absolute Gasteiger partial charge is 0.191 e. The van der Waals surface area contributed by atoms with E-state index < -0.39 is 0 Å². The van der Waals surface area contributed by atoms with Gasteiger partial charge in [0.1, 0.15) is 5.82 Å². The summed E-state index contributed by atoms with van der Waals surface area (Å²) in [5.74, 6) is 1.76. The largest absolute Gasteiger partial charge is 0.308 e. The molecular weight excluding hydrogens is 378 g/mol. The standard InChI is InChI=1S/C20H22ClN5S/c1-25(13-18(21)12-16-6-4-3-5-7-16)14-19-23-24-20(26(19)2)27-15-17-8-10-22-11-9-17/h3-12H,13-15H2,1-2H3/b18-12-. The summed E-state index contributed by atoms with van der Waals surface area (Å²) in [5.41, 5.74) is 2.32. The molecular formula is C20H22ClN5S. The number of halogens is 1. The Morgan fingerprint density at radius 1 is 1.15 bits per heavy atom. The van der Waals surface area contributed by atoms with Crippen LogP contribution in [0.15, 0.2) is 65.0 Å². The first-order valence-corrected chi connectivity index (χ1v) is 9.98. The molecule has 0 bridgehead atoms. The van der Waals surface area contributed by atoms with Crippen molar-refractivity contribution in [2.75, 3.05) is 13.6 Å². The maximum absolute atomic E-state index is 6.41. The highest BCUT2D eigenvalue weighted by Crippen LogP contribution is 2.21. The first-order chi connectivity index (χ1) is 13.1. The second-order valence-corrected chi connectivity index (χ2v) is 7.70. The second kappa shape index (κ2) is 9.69. The van der Waals surface area contributed by atoms with Gasteiger partial charge in [-0.3, -0.25) is 9.88 Å². The minimum atomic E-state index is 0.656. The number of nitrogens with zero attached hydrogens (tertiary/aromatic N) is 5. The molecule has 0 N–H and O–H groups in total. The van der Waals surface area contributed by atoms with E-state index in [9.17, 15) is 0 Å². The van der Waals surface area contributed by atoms with Gasteiger partial charge in [0.25, 0.3) is 0 Å². The van der Waals surface area contributed by atoms with Crippen molar-refractivity contribution in [3.05, 3.63) is 76.8 Å². The maximum atomic E-state index is 6.41. The average Bonchev–Trinajstić information content (AvgIpc) is 3.01. The highest BCUT2D eigenvalue weighted by atomic mass is 35.5. The number of likely N-dealkylation sites (N-methyl/N-ethyl adjacent to an activating group) is 1. The zero-order valence-electron chi connectivity index (χ0n) is 15.4. The highest BCUT2D eigenvalue weighted by molar-refractivity contribution is 7.98. The van der Waals surface area contributed by atoms with Gasteiger partial charge in [0.2, 0.25) is 0 Å². The fourth-order valence-corrected chi connectivity index (χ4v) is 3.78. The summed E-state index contributed by atoms with van der Waals surface area (Å²) in [6.07, 6.45) is 5.60. The van der Waals surface area contributed by atoms with Crippen molar-refractivity contribution in [2.24, 2.45) is 7.05 Å². The minimum Gasteiger partial charge on any atom is -0.308 e. The summed E-state index contributed by atoms with van der Waals surface area (Å²) >= 11 is 8.08. The van der Waals surface area contributed by atoms with Gasteiger partial charge in [0, 0.05) is 36.8 Å². The van der Waals surface area contributed by atoms with E-state index in [-0.39, 0.29) is 0 Å². The summed E-state index contributed by atoms with van der Waals surface area (Å²) in [4.78, 5) is 6.17. The van der Waals surface area contributed by atoms with Gasteiger partial charge in [0.15, 0.2) is 5.16 Å². The van der Waals surface area contributed by atoms with Crippen molar-refractivity contribution >= 4 is 29.4 Å². The van der Waals surface area contributed by atoms with Crippen LogP contribution in [0, 0.1) is 0 Å². The molecule has 3 aromatic rings. The van der Waals surface area contributed by atoms with E-state index in [1.165, 1.54) is 5.56 Å². The third-order valence-corrected chi connectivity index (χ3v) is 5.32. The second-order valence-electron chi connectivity index (χ2n) is 6.28. The van der Waals surface area contributed by atoms with Crippen LogP contribution in [-0.2, 0) is 19.3 Å². The van der Waals surface area contributed by atoms with Crippen LogP contribution in [0.5, 0.6) is 0 Å². The Morgan fingerprint density at radius 3 is 2.63 bits per heavy atom. The molecule has 140 valence electrons. The zero-order chi connectivity index (χ0) is 19.1. The molecule has 2 aromatic heterocycles. The molecule has 1 aromatic carbocycles. The van der Waals surface area contributed by atoms with Crippen LogP contribution in [0.3, 0.4) is 0 Å². The number of benzene rings is 1. The summed E-state index contributed by atoms with van der Waals surface area (Å²) < 4.78 is 2.04. The molecule has 0 spiro atoms. The van der Waals surface area contributed by atoms with Crippen LogP contribution >= 0.6 is 23.4 Å². The summed E-state index contributed by atoms with van der Waals surface area (Å²) in [7, 11) is 4.03. The molecule has 0 radical (unpaired) electrons. The van der Waals surface area contributed by atoms with Gasteiger partial charge < -0.3 is 4.57 Å². The lowest BCUT2D eigenvalue weighted by Crippen LogP contribution is -2.21. The Morgan fingerprint density at radius 2 is 1.89 bits per heavy atom. The van der Waals surface area contributed by atoms with Gasteiger partial charge in [-0.1, -0.05) is 53.7 Å². The third kappa shape index (κ3) is 5.92. The SMILES string of the molecule is CN(C/C(Cl)=C/c1ccccc1)Cc1nnc(SCc2ccncc2)n1C. The van der Waals surface area contributed by atoms with E-state index in [1.54, 1.807) is 24.2 Å². The van der Waals surface area contributed by atoms with Crippen molar-refractivity contribution < 1.29 is 0 Å². The topological polar surface area (TPSA) is 46.8 Å². The van der Waals surface area contributed by atoms with Crippen LogP contribution in [0.25, 0.3) is 6.08 Å². The van der Waals surface area contributed by atoms with Gasteiger partial charge >= 0.3 is 0 Å². The van der Waals surface area contributed by atoms with Gasteiger partial charge in [0.05, 0.1) is 6.54 Å². The minimum absolute atomic E-state index is 0.656. The molecule has 0 atom stereocenters. The number of hydrogen-bond donors (Lipinski definition) is 0. The molecule has 0 saturated heterocycles. The van der Waals surface area contributed by atoms with Crippen LogP contribution < -0.4 is 0 Å². The summed E-state index contributed by atoms with van der Waals surface area (Å²) in [6, 6.07) is 14.1. The average molecular weight is 400 g/mol. The Kier molecular flexibility index (Phi) is 7.04. The Bertz CT molecular complexity index is 880. The van der Waals surface area contributed by atoms with Crippen molar-refractivity contribution in [2.45, 2.75) is 17.5 Å². The lowest BCUT2D eigenvalue weighted by Gasteiger charge is -2.15. The van der Waals surface area contributed by atoms with Crippen molar-refractivity contribution in [1.82, 2.24) is 24.6 Å². The van der Waals surface area contributed by atoms with E-state index in [1.807, 2.05) is 67.2 Å². The van der Waals surface area contributed by atoms with Crippen molar-refractivity contribution in [3.63, 3.8) is 0 Å². The molecule has 0 aliphatic heterocycles. The zero-order valence-corrected chi connectivity index (χ0v) is 17.0. The molecule has 0 fully saturated rings. The molecule has 2 heterocycles. The number of aromatic nitrogens is 4. The van der Waals surface area contributed by atoms with Crippen LogP contribution in [-0.4, -0.2) is 38.2 Å². The van der Waals surface area contributed by atoms with E-state index in [2.05, 4.69) is 20.1 Å². The summed E-state index contributed by atoms with van der Waals surface area (Å²) in [5, 5.41) is 10.3. The Balaban J connectivity index is 1.56.